The summed E-state index contributed by atoms with van der Waals surface area (Å²) in [6.45, 7) is 4.18. The molecule has 234 valence electrons. The van der Waals surface area contributed by atoms with E-state index in [4.69, 9.17) is 4.74 Å². The molecule has 0 aliphatic rings. The third-order valence-corrected chi connectivity index (χ3v) is 5.87. The van der Waals surface area contributed by atoms with E-state index in [1.807, 2.05) is 19.9 Å². The van der Waals surface area contributed by atoms with Crippen molar-refractivity contribution in [3.8, 4) is 0 Å². The molecule has 1 aromatic rings. The molecule has 0 unspecified atom stereocenters. The van der Waals surface area contributed by atoms with Gasteiger partial charge in [0.2, 0.25) is 35.4 Å². The summed E-state index contributed by atoms with van der Waals surface area (Å²) in [5.41, 5.74) is 0.792. The first kappa shape index (κ1) is 36.0. The molecule has 13 heteroatoms. The first-order valence-corrected chi connectivity index (χ1v) is 14.5. The highest BCUT2D eigenvalue weighted by atomic mass is 16.5. The highest BCUT2D eigenvalue weighted by Crippen LogP contribution is 2.04. The number of ether oxygens (including phenoxy) is 1. The fourth-order valence-corrected chi connectivity index (χ4v) is 3.64. The summed E-state index contributed by atoms with van der Waals surface area (Å²) in [4.78, 5) is 72.7. The number of amides is 6. The molecule has 42 heavy (non-hydrogen) atoms. The standard InChI is InChI=1S/C29H46N6O7/c1-3-5-7-13-25(37)32-19-27(39)33-21-28(40)35-23(18-22-11-8-6-9-12-22)29(41)34-20-26(38)31-15-17-42-16-14-30-24(36)10-4-2/h6,8-9,11-12,23H,3-5,7,10,13-21H2,1-2H3,(H,30,36)(H,31,38)(H,32,37)(H,33,39)(H,34,41)(H,35,40)/t23-/m0/s1. The van der Waals surface area contributed by atoms with Crippen LogP contribution in [0.2, 0.25) is 0 Å². The summed E-state index contributed by atoms with van der Waals surface area (Å²) in [6, 6.07) is 8.05. The molecule has 0 saturated heterocycles. The zero-order valence-electron chi connectivity index (χ0n) is 24.7. The van der Waals surface area contributed by atoms with Gasteiger partial charge in [0.25, 0.3) is 0 Å². The van der Waals surface area contributed by atoms with Crippen LogP contribution < -0.4 is 31.9 Å². The fourth-order valence-electron chi connectivity index (χ4n) is 3.64. The number of hydrogen-bond donors (Lipinski definition) is 6. The van der Waals surface area contributed by atoms with Crippen molar-refractivity contribution in [3.63, 3.8) is 0 Å². The molecule has 13 nitrogen and oxygen atoms in total. The second-order valence-electron chi connectivity index (χ2n) is 9.60. The van der Waals surface area contributed by atoms with Gasteiger partial charge in [-0.25, -0.2) is 0 Å². The zero-order valence-corrected chi connectivity index (χ0v) is 24.7. The van der Waals surface area contributed by atoms with Gasteiger partial charge in [0.1, 0.15) is 6.04 Å². The SMILES string of the molecule is CCCCCC(=O)NCC(=O)NCC(=O)N[C@@H](Cc1ccccc1)C(=O)NCC(=O)NCCOCCNC(=O)CCC. The van der Waals surface area contributed by atoms with Gasteiger partial charge in [0, 0.05) is 32.4 Å². The molecule has 0 fully saturated rings. The minimum absolute atomic E-state index is 0.0323. The van der Waals surface area contributed by atoms with Gasteiger partial charge in [0.05, 0.1) is 32.8 Å². The summed E-state index contributed by atoms with van der Waals surface area (Å²) in [5.74, 6) is -2.38. The molecular formula is C29H46N6O7. The number of carbonyl (C=O) groups excluding carboxylic acids is 6. The van der Waals surface area contributed by atoms with E-state index in [2.05, 4.69) is 31.9 Å². The normalized spacial score (nSPS) is 11.1. The van der Waals surface area contributed by atoms with Crippen molar-refractivity contribution in [2.24, 2.45) is 0 Å². The third kappa shape index (κ3) is 18.4. The molecule has 0 radical (unpaired) electrons. The molecule has 1 rings (SSSR count). The Morgan fingerprint density at radius 1 is 0.643 bits per heavy atom. The summed E-state index contributed by atoms with van der Waals surface area (Å²) in [5, 5.41) is 15.4. The molecule has 0 saturated carbocycles. The highest BCUT2D eigenvalue weighted by Gasteiger charge is 2.22. The first-order valence-electron chi connectivity index (χ1n) is 14.5. The van der Waals surface area contributed by atoms with Gasteiger partial charge in [-0.2, -0.15) is 0 Å². The van der Waals surface area contributed by atoms with Crippen LogP contribution in [-0.4, -0.2) is 87.4 Å². The molecular weight excluding hydrogens is 544 g/mol. The molecule has 0 aromatic heterocycles. The van der Waals surface area contributed by atoms with E-state index in [0.29, 0.717) is 26.0 Å². The Bertz CT molecular complexity index is 990. The maximum absolute atomic E-state index is 12.9. The Balaban J connectivity index is 2.43. The summed E-state index contributed by atoms with van der Waals surface area (Å²) < 4.78 is 5.36. The molecule has 6 N–H and O–H groups in total. The molecule has 0 spiro atoms. The summed E-state index contributed by atoms with van der Waals surface area (Å²) in [7, 11) is 0. The van der Waals surface area contributed by atoms with Crippen LogP contribution in [0.15, 0.2) is 30.3 Å². The third-order valence-electron chi connectivity index (χ3n) is 5.87. The number of rotatable bonds is 22. The van der Waals surface area contributed by atoms with Crippen molar-refractivity contribution in [2.75, 3.05) is 45.9 Å². The van der Waals surface area contributed by atoms with Gasteiger partial charge in [-0.05, 0) is 18.4 Å². The van der Waals surface area contributed by atoms with Crippen LogP contribution in [-0.2, 0) is 39.9 Å². The predicted molar refractivity (Wildman–Crippen MR) is 157 cm³/mol. The minimum Gasteiger partial charge on any atom is -0.378 e. The van der Waals surface area contributed by atoms with Crippen LogP contribution in [0.5, 0.6) is 0 Å². The number of carbonyl (C=O) groups is 6. The van der Waals surface area contributed by atoms with Crippen molar-refractivity contribution in [1.82, 2.24) is 31.9 Å². The van der Waals surface area contributed by atoms with E-state index >= 15 is 0 Å². The Labute approximate surface area is 247 Å². The molecule has 6 amide bonds. The van der Waals surface area contributed by atoms with Crippen molar-refractivity contribution in [2.45, 2.75) is 64.8 Å². The fraction of sp³-hybridized carbons (Fsp3) is 0.586. The van der Waals surface area contributed by atoms with Gasteiger partial charge in [-0.3, -0.25) is 28.8 Å². The molecule has 0 heterocycles. The molecule has 1 atom stereocenters. The van der Waals surface area contributed by atoms with Crippen molar-refractivity contribution in [3.05, 3.63) is 35.9 Å². The van der Waals surface area contributed by atoms with Crippen LogP contribution in [0.25, 0.3) is 0 Å². The van der Waals surface area contributed by atoms with E-state index in [1.54, 1.807) is 24.3 Å². The smallest absolute Gasteiger partial charge is 0.243 e. The van der Waals surface area contributed by atoms with Crippen molar-refractivity contribution < 1.29 is 33.5 Å². The van der Waals surface area contributed by atoms with Crippen LogP contribution in [0.3, 0.4) is 0 Å². The number of nitrogens with one attached hydrogen (secondary N) is 6. The van der Waals surface area contributed by atoms with E-state index in [0.717, 1.165) is 31.2 Å². The van der Waals surface area contributed by atoms with Crippen LogP contribution in [0.4, 0.5) is 0 Å². The quantitative estimate of drug-likeness (QED) is 0.100. The highest BCUT2D eigenvalue weighted by molar-refractivity contribution is 5.92. The minimum atomic E-state index is -0.992. The monoisotopic (exact) mass is 590 g/mol. The molecule has 0 aliphatic carbocycles. The first-order chi connectivity index (χ1) is 20.2. The molecule has 1 aromatic carbocycles. The van der Waals surface area contributed by atoms with Crippen molar-refractivity contribution in [1.29, 1.82) is 0 Å². The number of unbranched alkanes of at least 4 members (excludes halogenated alkanes) is 2. The molecule has 0 bridgehead atoms. The van der Waals surface area contributed by atoms with Gasteiger partial charge in [-0.15, -0.1) is 0 Å². The van der Waals surface area contributed by atoms with Crippen LogP contribution in [0, 0.1) is 0 Å². The Morgan fingerprint density at radius 3 is 1.88 bits per heavy atom. The number of hydrogen-bond acceptors (Lipinski definition) is 7. The van der Waals surface area contributed by atoms with E-state index in [9.17, 15) is 28.8 Å². The average molecular weight is 591 g/mol. The van der Waals surface area contributed by atoms with E-state index < -0.39 is 29.7 Å². The largest absolute Gasteiger partial charge is 0.378 e. The lowest BCUT2D eigenvalue weighted by Gasteiger charge is -2.19. The van der Waals surface area contributed by atoms with Crippen LogP contribution >= 0.6 is 0 Å². The van der Waals surface area contributed by atoms with Gasteiger partial charge in [0.15, 0.2) is 0 Å². The topological polar surface area (TPSA) is 184 Å². The van der Waals surface area contributed by atoms with Gasteiger partial charge >= 0.3 is 0 Å². The lowest BCUT2D eigenvalue weighted by atomic mass is 10.1. The summed E-state index contributed by atoms with van der Waals surface area (Å²) >= 11 is 0. The second-order valence-corrected chi connectivity index (χ2v) is 9.60. The van der Waals surface area contributed by atoms with Crippen molar-refractivity contribution >= 4 is 35.4 Å². The Hall–Kier alpha value is -4.00. The number of benzene rings is 1. The molecule has 0 aliphatic heterocycles. The average Bonchev–Trinajstić information content (AvgIpc) is 2.97. The van der Waals surface area contributed by atoms with E-state index in [-0.39, 0.29) is 51.0 Å². The maximum Gasteiger partial charge on any atom is 0.243 e. The Kier molecular flexibility index (Phi) is 19.4. The zero-order chi connectivity index (χ0) is 31.0. The predicted octanol–water partition coefficient (Wildman–Crippen LogP) is -0.308. The summed E-state index contributed by atoms with van der Waals surface area (Å²) in [6.07, 6.45) is 4.41. The lowest BCUT2D eigenvalue weighted by molar-refractivity contribution is -0.131. The van der Waals surface area contributed by atoms with E-state index in [1.165, 1.54) is 0 Å². The second kappa shape index (κ2) is 22.7. The van der Waals surface area contributed by atoms with Crippen LogP contribution in [0.1, 0.15) is 57.9 Å². The maximum atomic E-state index is 12.9. The lowest BCUT2D eigenvalue weighted by Crippen LogP contribution is -2.52. The van der Waals surface area contributed by atoms with Gasteiger partial charge < -0.3 is 36.6 Å². The van der Waals surface area contributed by atoms with Gasteiger partial charge in [-0.1, -0.05) is 57.0 Å². The Morgan fingerprint density at radius 2 is 1.21 bits per heavy atom.